The van der Waals surface area contributed by atoms with Gasteiger partial charge in [0.1, 0.15) is 5.82 Å². The third kappa shape index (κ3) is 4.35. The summed E-state index contributed by atoms with van der Waals surface area (Å²) in [5.74, 6) is 0.565. The molecular formula is C20H19ClN4O2. The van der Waals surface area contributed by atoms with Crippen molar-refractivity contribution < 1.29 is 9.53 Å². The number of anilines is 4. The van der Waals surface area contributed by atoms with E-state index in [1.807, 2.05) is 32.0 Å². The molecule has 138 valence electrons. The van der Waals surface area contributed by atoms with Gasteiger partial charge in [0.15, 0.2) is 0 Å². The molecule has 0 saturated heterocycles. The number of ether oxygens (including phenoxy) is 1. The van der Waals surface area contributed by atoms with E-state index in [1.165, 1.54) is 7.11 Å². The number of aryl methyl sites for hydroxylation is 2. The first-order valence-electron chi connectivity index (χ1n) is 8.29. The second kappa shape index (κ2) is 8.05. The van der Waals surface area contributed by atoms with Gasteiger partial charge in [-0.05, 0) is 49.2 Å². The summed E-state index contributed by atoms with van der Waals surface area (Å²) in [7, 11) is 1.33. The van der Waals surface area contributed by atoms with Crippen LogP contribution in [0.25, 0.3) is 0 Å². The zero-order valence-corrected chi connectivity index (χ0v) is 16.0. The summed E-state index contributed by atoms with van der Waals surface area (Å²) in [4.78, 5) is 20.5. The van der Waals surface area contributed by atoms with E-state index in [0.29, 0.717) is 28.0 Å². The quantitative estimate of drug-likeness (QED) is 0.603. The van der Waals surface area contributed by atoms with Crippen molar-refractivity contribution in [3.05, 3.63) is 70.4 Å². The van der Waals surface area contributed by atoms with Crippen molar-refractivity contribution in [3.63, 3.8) is 0 Å². The summed E-state index contributed by atoms with van der Waals surface area (Å²) < 4.78 is 4.74. The van der Waals surface area contributed by atoms with E-state index in [4.69, 9.17) is 16.3 Å². The van der Waals surface area contributed by atoms with Crippen LogP contribution in [0.15, 0.2) is 48.7 Å². The molecule has 0 bridgehead atoms. The minimum Gasteiger partial charge on any atom is -0.465 e. The van der Waals surface area contributed by atoms with Gasteiger partial charge in [-0.25, -0.2) is 9.78 Å². The molecule has 0 atom stereocenters. The SMILES string of the molecule is COC(=O)c1ccc(Cl)c(Nc2ccnc(Nc3c(C)cccc3C)n2)c1. The van der Waals surface area contributed by atoms with E-state index in [2.05, 4.69) is 20.6 Å². The maximum atomic E-state index is 11.7. The van der Waals surface area contributed by atoms with Crippen LogP contribution in [0.4, 0.5) is 23.1 Å². The molecule has 1 heterocycles. The number of benzene rings is 2. The van der Waals surface area contributed by atoms with Crippen LogP contribution in [0.5, 0.6) is 0 Å². The number of nitrogens with zero attached hydrogens (tertiary/aromatic N) is 2. The number of carbonyl (C=O) groups is 1. The van der Waals surface area contributed by atoms with Gasteiger partial charge >= 0.3 is 5.97 Å². The molecule has 0 spiro atoms. The number of halogens is 1. The lowest BCUT2D eigenvalue weighted by Gasteiger charge is -2.13. The summed E-state index contributed by atoms with van der Waals surface area (Å²) in [5.41, 5.74) is 4.13. The Labute approximate surface area is 162 Å². The van der Waals surface area contributed by atoms with Crippen molar-refractivity contribution in [2.45, 2.75) is 13.8 Å². The Balaban J connectivity index is 1.85. The molecular weight excluding hydrogens is 364 g/mol. The topological polar surface area (TPSA) is 76.1 Å². The molecule has 0 fully saturated rings. The molecule has 3 rings (SSSR count). The van der Waals surface area contributed by atoms with Crippen LogP contribution in [-0.2, 0) is 4.74 Å². The number of rotatable bonds is 5. The van der Waals surface area contributed by atoms with Gasteiger partial charge in [0.05, 0.1) is 23.4 Å². The molecule has 3 aromatic rings. The van der Waals surface area contributed by atoms with Gasteiger partial charge in [0.25, 0.3) is 0 Å². The van der Waals surface area contributed by atoms with E-state index in [-0.39, 0.29) is 0 Å². The Morgan fingerprint density at radius 2 is 1.81 bits per heavy atom. The van der Waals surface area contributed by atoms with Crippen molar-refractivity contribution in [3.8, 4) is 0 Å². The van der Waals surface area contributed by atoms with Crippen LogP contribution in [-0.4, -0.2) is 23.0 Å². The molecule has 7 heteroatoms. The molecule has 0 unspecified atom stereocenters. The first-order valence-corrected chi connectivity index (χ1v) is 8.67. The average molecular weight is 383 g/mol. The highest BCUT2D eigenvalue weighted by atomic mass is 35.5. The van der Waals surface area contributed by atoms with Crippen molar-refractivity contribution in [1.29, 1.82) is 0 Å². The summed E-state index contributed by atoms with van der Waals surface area (Å²) in [6, 6.07) is 12.6. The monoisotopic (exact) mass is 382 g/mol. The van der Waals surface area contributed by atoms with Crippen LogP contribution in [0.2, 0.25) is 5.02 Å². The standard InChI is InChI=1S/C20H19ClN4O2/c1-12-5-4-6-13(2)18(12)25-20-22-10-9-17(24-20)23-16-11-14(19(26)27-3)7-8-15(16)21/h4-11H,1-3H3,(H2,22,23,24,25). The van der Waals surface area contributed by atoms with E-state index in [1.54, 1.807) is 30.5 Å². The number of aromatic nitrogens is 2. The van der Waals surface area contributed by atoms with Crippen molar-refractivity contribution in [1.82, 2.24) is 9.97 Å². The van der Waals surface area contributed by atoms with Gasteiger partial charge in [-0.1, -0.05) is 29.8 Å². The Bertz CT molecular complexity index is 971. The second-order valence-corrected chi connectivity index (χ2v) is 6.38. The van der Waals surface area contributed by atoms with Crippen molar-refractivity contribution in [2.24, 2.45) is 0 Å². The van der Waals surface area contributed by atoms with E-state index >= 15 is 0 Å². The maximum absolute atomic E-state index is 11.7. The Hall–Kier alpha value is -3.12. The van der Waals surface area contributed by atoms with E-state index in [9.17, 15) is 4.79 Å². The molecule has 27 heavy (non-hydrogen) atoms. The third-order valence-electron chi connectivity index (χ3n) is 4.02. The zero-order valence-electron chi connectivity index (χ0n) is 15.2. The van der Waals surface area contributed by atoms with Crippen LogP contribution < -0.4 is 10.6 Å². The first-order chi connectivity index (χ1) is 13.0. The zero-order chi connectivity index (χ0) is 19.4. The largest absolute Gasteiger partial charge is 0.465 e. The van der Waals surface area contributed by atoms with Crippen LogP contribution in [0, 0.1) is 13.8 Å². The summed E-state index contributed by atoms with van der Waals surface area (Å²) in [6.45, 7) is 4.05. The highest BCUT2D eigenvalue weighted by Gasteiger charge is 2.10. The Kier molecular flexibility index (Phi) is 5.57. The van der Waals surface area contributed by atoms with Crippen LogP contribution in [0.3, 0.4) is 0 Å². The lowest BCUT2D eigenvalue weighted by atomic mass is 10.1. The highest BCUT2D eigenvalue weighted by Crippen LogP contribution is 2.27. The fourth-order valence-electron chi connectivity index (χ4n) is 2.62. The molecule has 0 aliphatic rings. The van der Waals surface area contributed by atoms with Gasteiger partial charge < -0.3 is 15.4 Å². The molecule has 6 nitrogen and oxygen atoms in total. The molecule has 2 N–H and O–H groups in total. The van der Waals surface area contributed by atoms with Gasteiger partial charge in [-0.15, -0.1) is 0 Å². The maximum Gasteiger partial charge on any atom is 0.337 e. The van der Waals surface area contributed by atoms with Crippen LogP contribution in [0.1, 0.15) is 21.5 Å². The molecule has 0 saturated carbocycles. The van der Waals surface area contributed by atoms with Gasteiger partial charge in [0, 0.05) is 11.9 Å². The number of hydrogen-bond acceptors (Lipinski definition) is 6. The molecule has 0 aliphatic heterocycles. The number of esters is 1. The van der Waals surface area contributed by atoms with Crippen molar-refractivity contribution in [2.75, 3.05) is 17.7 Å². The number of para-hydroxylation sites is 1. The molecule has 0 amide bonds. The smallest absolute Gasteiger partial charge is 0.337 e. The minimum atomic E-state index is -0.435. The Morgan fingerprint density at radius 1 is 1.07 bits per heavy atom. The normalized spacial score (nSPS) is 10.4. The number of methoxy groups -OCH3 is 1. The molecule has 0 radical (unpaired) electrons. The first kappa shape index (κ1) is 18.7. The predicted molar refractivity (Wildman–Crippen MR) is 107 cm³/mol. The van der Waals surface area contributed by atoms with Gasteiger partial charge in [-0.3, -0.25) is 0 Å². The number of hydrogen-bond donors (Lipinski definition) is 2. The third-order valence-corrected chi connectivity index (χ3v) is 4.35. The highest BCUT2D eigenvalue weighted by molar-refractivity contribution is 6.33. The summed E-state index contributed by atoms with van der Waals surface area (Å²) in [6.07, 6.45) is 1.64. The lowest BCUT2D eigenvalue weighted by molar-refractivity contribution is 0.0601. The minimum absolute atomic E-state index is 0.396. The molecule has 1 aromatic heterocycles. The second-order valence-electron chi connectivity index (χ2n) is 5.97. The predicted octanol–water partition coefficient (Wildman–Crippen LogP) is 5.02. The summed E-state index contributed by atoms with van der Waals surface area (Å²) >= 11 is 6.23. The fourth-order valence-corrected chi connectivity index (χ4v) is 2.78. The fraction of sp³-hybridized carbons (Fsp3) is 0.150. The van der Waals surface area contributed by atoms with Crippen molar-refractivity contribution >= 4 is 40.7 Å². The van der Waals surface area contributed by atoms with Gasteiger partial charge in [0.2, 0.25) is 5.95 Å². The van der Waals surface area contributed by atoms with E-state index < -0.39 is 5.97 Å². The average Bonchev–Trinajstić information content (AvgIpc) is 2.66. The lowest BCUT2D eigenvalue weighted by Crippen LogP contribution is -2.04. The van der Waals surface area contributed by atoms with Crippen LogP contribution >= 0.6 is 11.6 Å². The number of nitrogens with one attached hydrogen (secondary N) is 2. The number of carbonyl (C=O) groups excluding carboxylic acids is 1. The Morgan fingerprint density at radius 3 is 2.52 bits per heavy atom. The van der Waals surface area contributed by atoms with Gasteiger partial charge in [-0.2, -0.15) is 4.98 Å². The molecule has 0 aliphatic carbocycles. The summed E-state index contributed by atoms with van der Waals surface area (Å²) in [5, 5.41) is 6.83. The van der Waals surface area contributed by atoms with E-state index in [0.717, 1.165) is 16.8 Å². The molecule has 2 aromatic carbocycles.